The number of halogens is 3. The molecule has 27 heteroatoms. The first-order valence-electron chi connectivity index (χ1n) is 41.5. The van der Waals surface area contributed by atoms with Crippen LogP contribution < -0.4 is 44.8 Å². The van der Waals surface area contributed by atoms with Crippen molar-refractivity contribution >= 4 is 41.1 Å². The predicted molar refractivity (Wildman–Crippen MR) is 470 cm³/mol. The number of pyridine rings is 3. The molecule has 658 valence electrons. The van der Waals surface area contributed by atoms with Gasteiger partial charge in [-0.25, -0.2) is 33.3 Å². The Morgan fingerprint density at radius 1 is 0.437 bits per heavy atom. The minimum atomic E-state index is -1.60. The number of carbonyl (C=O) groups excluding carboxylic acids is 5. The molecule has 0 saturated heterocycles. The second-order valence-electron chi connectivity index (χ2n) is 33.9. The Morgan fingerprint density at radius 3 is 1.09 bits per heavy atom. The van der Waals surface area contributed by atoms with Crippen LogP contribution in [0.25, 0.3) is 22.5 Å². The Hall–Kier alpha value is -12.7. The first-order valence-corrected chi connectivity index (χ1v) is 41.9. The van der Waals surface area contributed by atoms with Gasteiger partial charge in [-0.1, -0.05) is 72.3 Å². The number of methoxy groups -OCH3 is 3. The summed E-state index contributed by atoms with van der Waals surface area (Å²) in [7, 11) is 4.59. The summed E-state index contributed by atoms with van der Waals surface area (Å²) >= 11 is 6.33. The van der Waals surface area contributed by atoms with Gasteiger partial charge in [0.2, 0.25) is 0 Å². The topological polar surface area (TPSA) is 356 Å². The van der Waals surface area contributed by atoms with Crippen LogP contribution in [0.5, 0.6) is 34.5 Å². The van der Waals surface area contributed by atoms with E-state index in [2.05, 4.69) is 20.6 Å². The van der Waals surface area contributed by atoms with Crippen LogP contribution in [-0.4, -0.2) is 99.4 Å². The molecular formula is C99H105ClF2N8O16. The zero-order chi connectivity index (χ0) is 91.1. The van der Waals surface area contributed by atoms with Crippen molar-refractivity contribution in [2.45, 2.75) is 204 Å². The minimum absolute atomic E-state index is 0.0111. The average molecular weight is 1740 g/mol. The number of nitrogens with one attached hydrogen (secondary N) is 2. The number of nitriles is 2. The molecule has 0 aliphatic heterocycles. The maximum Gasteiger partial charge on any atom is 0.408 e. The molecule has 0 spiro atoms. The van der Waals surface area contributed by atoms with E-state index in [-0.39, 0.29) is 109 Å². The molecule has 24 nitrogen and oxygen atoms in total. The van der Waals surface area contributed by atoms with Gasteiger partial charge in [0.25, 0.3) is 0 Å². The van der Waals surface area contributed by atoms with Crippen molar-refractivity contribution in [1.29, 1.82) is 10.5 Å². The van der Waals surface area contributed by atoms with Crippen molar-refractivity contribution in [3.8, 4) is 69.2 Å². The van der Waals surface area contributed by atoms with Crippen LogP contribution in [0.2, 0.25) is 5.15 Å². The zero-order valence-corrected chi connectivity index (χ0v) is 73.4. The molecule has 126 heavy (non-hydrogen) atoms. The fraction of sp³-hybridized carbons (Fsp3) is 0.354. The Morgan fingerprint density at radius 2 is 0.762 bits per heavy atom. The van der Waals surface area contributed by atoms with Crippen LogP contribution in [0.4, 0.5) is 18.4 Å². The van der Waals surface area contributed by atoms with Crippen molar-refractivity contribution in [2.75, 3.05) is 21.3 Å². The van der Waals surface area contributed by atoms with E-state index in [0.717, 1.165) is 49.7 Å². The molecule has 3 saturated carbocycles. The van der Waals surface area contributed by atoms with E-state index in [4.69, 9.17) is 60.2 Å². The summed E-state index contributed by atoms with van der Waals surface area (Å²) in [6, 6.07) is 55.9. The Kier molecular flexibility index (Phi) is 30.2. The summed E-state index contributed by atoms with van der Waals surface area (Å²) in [5, 5.41) is 59.0. The molecule has 3 aromatic heterocycles. The lowest BCUT2D eigenvalue weighted by Crippen LogP contribution is -2.41. The lowest BCUT2D eigenvalue weighted by Gasteiger charge is -2.30. The molecule has 3 unspecified atom stereocenters. The highest BCUT2D eigenvalue weighted by Gasteiger charge is 2.37. The van der Waals surface area contributed by atoms with Crippen LogP contribution in [0.1, 0.15) is 226 Å². The number of benzene rings is 7. The SMILES string of the molecule is COc1cc(C(=O)CCC(C)(O)c2cc(C(C)(C)N)cc(-c3ccc(F)c(C#N)c3)n2)ccc1OC1CC1.COc1cc(C(=O)CCC(C)(O)c2cc(C(C)(C)NC(=O)OCc3ccccc3)cc(-c3ccc(F)c(C#N)c3)n2)ccc1OC1CC1.COc1cc(C(=O)CCC(C)(O)c2cc(C(C)(C)NC(=O)OCc3ccccc3)cc(Cl)n2)ccc1OC1CC1. The van der Waals surface area contributed by atoms with E-state index in [1.807, 2.05) is 86.6 Å². The van der Waals surface area contributed by atoms with Gasteiger partial charge >= 0.3 is 12.2 Å². The van der Waals surface area contributed by atoms with Gasteiger partial charge in [-0.05, 0) is 275 Å². The molecule has 3 aliphatic carbocycles. The van der Waals surface area contributed by atoms with E-state index < -0.39 is 57.2 Å². The van der Waals surface area contributed by atoms with E-state index in [9.17, 15) is 58.6 Å². The number of ether oxygens (including phenoxy) is 8. The fourth-order valence-electron chi connectivity index (χ4n) is 13.3. The first kappa shape index (κ1) is 94.0. The third-order valence-corrected chi connectivity index (χ3v) is 21.9. The van der Waals surface area contributed by atoms with Gasteiger partial charge < -0.3 is 69.6 Å². The number of hydrogen-bond acceptors (Lipinski definition) is 22. The molecule has 3 aliphatic rings. The molecule has 3 atom stereocenters. The first-order chi connectivity index (χ1) is 59.7. The number of ketones is 3. The van der Waals surface area contributed by atoms with Crippen LogP contribution in [0, 0.1) is 34.3 Å². The molecule has 13 rings (SSSR count). The van der Waals surface area contributed by atoms with Crippen LogP contribution in [-0.2, 0) is 56.1 Å². The van der Waals surface area contributed by atoms with Crippen molar-refractivity contribution in [2.24, 2.45) is 5.73 Å². The number of aromatic nitrogens is 3. The molecule has 0 bridgehead atoms. The van der Waals surface area contributed by atoms with E-state index >= 15 is 0 Å². The summed E-state index contributed by atoms with van der Waals surface area (Å²) in [6.07, 6.45) is 5.71. The largest absolute Gasteiger partial charge is 0.493 e. The van der Waals surface area contributed by atoms with Crippen molar-refractivity contribution in [3.63, 3.8) is 0 Å². The van der Waals surface area contributed by atoms with Gasteiger partial charge in [0.1, 0.15) is 58.9 Å². The lowest BCUT2D eigenvalue weighted by atomic mass is 9.87. The second kappa shape index (κ2) is 40.5. The fourth-order valence-corrected chi connectivity index (χ4v) is 13.5. The molecule has 0 radical (unpaired) electrons. The minimum Gasteiger partial charge on any atom is -0.493 e. The van der Waals surface area contributed by atoms with Crippen molar-refractivity contribution < 1.29 is 86.0 Å². The molecule has 3 heterocycles. The van der Waals surface area contributed by atoms with Gasteiger partial charge in [-0.15, -0.1) is 0 Å². The van der Waals surface area contributed by atoms with Crippen LogP contribution >= 0.6 is 11.6 Å². The Labute approximate surface area is 737 Å². The maximum atomic E-state index is 14.2. The van der Waals surface area contributed by atoms with Crippen molar-refractivity contribution in [1.82, 2.24) is 25.6 Å². The van der Waals surface area contributed by atoms with Gasteiger partial charge in [-0.3, -0.25) is 14.4 Å². The maximum absolute atomic E-state index is 14.2. The Balaban J connectivity index is 0.000000185. The third kappa shape index (κ3) is 25.8. The van der Waals surface area contributed by atoms with E-state index in [0.29, 0.717) is 102 Å². The lowest BCUT2D eigenvalue weighted by molar-refractivity contribution is 0.0394. The van der Waals surface area contributed by atoms with Crippen LogP contribution in [0.15, 0.2) is 188 Å². The van der Waals surface area contributed by atoms with E-state index in [1.54, 1.807) is 139 Å². The quantitative estimate of drug-likeness (QED) is 0.0159. The normalized spacial score (nSPS) is 14.5. The number of alkyl carbamates (subject to hydrolysis) is 2. The molecular weight excluding hydrogens is 1630 g/mol. The monoisotopic (exact) mass is 1730 g/mol. The van der Waals surface area contributed by atoms with Gasteiger partial charge in [-0.2, -0.15) is 10.5 Å². The highest BCUT2D eigenvalue weighted by atomic mass is 35.5. The van der Waals surface area contributed by atoms with Gasteiger partial charge in [0.15, 0.2) is 51.8 Å². The van der Waals surface area contributed by atoms with Gasteiger partial charge in [0.05, 0.1) is 90.3 Å². The number of rotatable bonds is 35. The molecule has 7 aromatic carbocycles. The Bertz CT molecular complexity index is 5700. The number of hydrogen-bond donors (Lipinski definition) is 6. The number of amides is 2. The third-order valence-electron chi connectivity index (χ3n) is 21.7. The number of Topliss-reactive ketones (excluding diaryl/α,β-unsaturated/α-hetero) is 3. The highest BCUT2D eigenvalue weighted by Crippen LogP contribution is 2.42. The smallest absolute Gasteiger partial charge is 0.408 e. The number of carbonyl (C=O) groups is 5. The molecule has 3 fully saturated rings. The van der Waals surface area contributed by atoms with E-state index in [1.165, 1.54) is 57.7 Å². The zero-order valence-electron chi connectivity index (χ0n) is 72.6. The number of aliphatic hydroxyl groups is 3. The molecule has 2 amide bonds. The molecule has 7 N–H and O–H groups in total. The molecule has 10 aromatic rings. The van der Waals surface area contributed by atoms with Crippen LogP contribution in [0.3, 0.4) is 0 Å². The highest BCUT2D eigenvalue weighted by molar-refractivity contribution is 6.29. The second-order valence-corrected chi connectivity index (χ2v) is 34.3. The summed E-state index contributed by atoms with van der Waals surface area (Å²) in [5.41, 5.74) is 6.41. The van der Waals surface area contributed by atoms with Crippen molar-refractivity contribution in [3.05, 3.63) is 278 Å². The predicted octanol–water partition coefficient (Wildman–Crippen LogP) is 19.0. The van der Waals surface area contributed by atoms with Gasteiger partial charge in [0, 0.05) is 52.6 Å². The summed E-state index contributed by atoms with van der Waals surface area (Å²) < 4.78 is 72.7. The summed E-state index contributed by atoms with van der Waals surface area (Å²) in [5.74, 6) is 1.46. The number of nitrogens with two attached hydrogens (primary N) is 1. The number of nitrogens with zero attached hydrogens (tertiary/aromatic N) is 5. The summed E-state index contributed by atoms with van der Waals surface area (Å²) in [6.45, 7) is 15.7. The standard InChI is InChI=1S/C38H38FN3O6.C31H35ClN2O6.C30H32FN3O4/c1-37(2,42-36(44)47-23-24-8-6-5-7-9-24)28-20-31(25-10-14-30(39)27(18-25)22-40)41-35(21-28)38(3,45)17-16-32(43)26-11-15-33(34(19-26)46-4)48-29-12-13-29;1-30(2,34-29(36)39-19-20-8-6-5-7-9-20)22-17-27(33-28(32)18-22)31(3,37)15-14-24(35)21-10-13-25(26(16-21)38-4)40-23-11-12-23;1-29(2,33)21-15-24(18-5-9-23(31)20(13-18)17-32)34-28(16-21)30(3,36)12-11-25(35)19-6-10-26(27(14-19)37-4)38-22-7-8-22/h5-11,14-15,18-21,29,45H,12-13,16-17,23H2,1-4H3,(H,42,44);5-10,13,16-18,23,37H,11-12,14-15,19H2,1-4H3,(H,34,36);5-6,9-10,13-16,22,36H,7-8,11-12,33H2,1-4H3. The average Bonchev–Trinajstić information content (AvgIpc) is 1.28. The summed E-state index contributed by atoms with van der Waals surface area (Å²) in [4.78, 5) is 78.4.